The number of hydrogen-bond acceptors (Lipinski definition) is 4. The minimum atomic E-state index is 0.664. The molecule has 0 unspecified atom stereocenters. The zero-order valence-corrected chi connectivity index (χ0v) is 16.1. The molecular formula is C21H24N4S. The van der Waals surface area contributed by atoms with Gasteiger partial charge in [-0.05, 0) is 32.8 Å². The lowest BCUT2D eigenvalue weighted by molar-refractivity contribution is 0.500. The van der Waals surface area contributed by atoms with Gasteiger partial charge in [0.1, 0.15) is 0 Å². The van der Waals surface area contributed by atoms with Crippen molar-refractivity contribution in [3.05, 3.63) is 58.7 Å². The number of nitrogens with zero attached hydrogens (tertiary/aromatic N) is 3. The lowest BCUT2D eigenvalue weighted by atomic mass is 10.2. The van der Waals surface area contributed by atoms with Gasteiger partial charge in [0, 0.05) is 33.9 Å². The van der Waals surface area contributed by atoms with Crippen molar-refractivity contribution < 1.29 is 0 Å². The third-order valence-corrected chi connectivity index (χ3v) is 5.90. The van der Waals surface area contributed by atoms with Crippen molar-refractivity contribution in [2.24, 2.45) is 5.10 Å². The zero-order chi connectivity index (χ0) is 17.9. The van der Waals surface area contributed by atoms with Crippen molar-refractivity contribution in [3.8, 4) is 11.3 Å². The second kappa shape index (κ2) is 7.46. The molecule has 1 saturated carbocycles. The Balaban J connectivity index is 1.46. The van der Waals surface area contributed by atoms with Gasteiger partial charge in [0.15, 0.2) is 0 Å². The Kier molecular flexibility index (Phi) is 4.89. The van der Waals surface area contributed by atoms with Crippen molar-refractivity contribution in [2.75, 3.05) is 5.43 Å². The van der Waals surface area contributed by atoms with Gasteiger partial charge in [-0.1, -0.05) is 43.2 Å². The van der Waals surface area contributed by atoms with E-state index in [1.165, 1.54) is 42.6 Å². The molecule has 0 amide bonds. The van der Waals surface area contributed by atoms with Crippen LogP contribution in [0.1, 0.15) is 48.7 Å². The topological polar surface area (TPSA) is 42.2 Å². The Labute approximate surface area is 158 Å². The number of aromatic nitrogens is 2. The van der Waals surface area contributed by atoms with Crippen LogP contribution in [-0.4, -0.2) is 15.8 Å². The van der Waals surface area contributed by atoms with Crippen LogP contribution in [0.15, 0.2) is 46.9 Å². The first kappa shape index (κ1) is 17.0. The van der Waals surface area contributed by atoms with Crippen molar-refractivity contribution in [1.29, 1.82) is 0 Å². The van der Waals surface area contributed by atoms with Crippen molar-refractivity contribution in [1.82, 2.24) is 9.55 Å². The Morgan fingerprint density at radius 1 is 1.19 bits per heavy atom. The molecule has 0 radical (unpaired) electrons. The first-order valence-electron chi connectivity index (χ1n) is 9.21. The lowest BCUT2D eigenvalue weighted by Crippen LogP contribution is -2.08. The molecule has 1 fully saturated rings. The highest BCUT2D eigenvalue weighted by atomic mass is 32.1. The molecule has 0 aliphatic heterocycles. The van der Waals surface area contributed by atoms with Gasteiger partial charge in [-0.25, -0.2) is 4.98 Å². The van der Waals surface area contributed by atoms with Crippen molar-refractivity contribution >= 4 is 22.7 Å². The summed E-state index contributed by atoms with van der Waals surface area (Å²) >= 11 is 1.57. The largest absolute Gasteiger partial charge is 0.345 e. The van der Waals surface area contributed by atoms with Crippen LogP contribution in [0.25, 0.3) is 11.3 Å². The predicted molar refractivity (Wildman–Crippen MR) is 110 cm³/mol. The van der Waals surface area contributed by atoms with Crippen LogP contribution in [0.3, 0.4) is 0 Å². The highest BCUT2D eigenvalue weighted by Crippen LogP contribution is 2.33. The maximum absolute atomic E-state index is 4.61. The van der Waals surface area contributed by atoms with Gasteiger partial charge in [0.25, 0.3) is 0 Å². The average Bonchev–Trinajstić information content (AvgIpc) is 3.38. The van der Waals surface area contributed by atoms with Gasteiger partial charge < -0.3 is 4.57 Å². The van der Waals surface area contributed by atoms with E-state index >= 15 is 0 Å². The monoisotopic (exact) mass is 364 g/mol. The second-order valence-corrected chi connectivity index (χ2v) is 7.77. The molecule has 1 aliphatic rings. The Bertz CT molecular complexity index is 901. The highest BCUT2D eigenvalue weighted by Gasteiger charge is 2.20. The van der Waals surface area contributed by atoms with E-state index in [4.69, 9.17) is 0 Å². The SMILES string of the molecule is Cc1cc(/C=N/Nc2nc(-c3ccccc3)cs2)c(C)n1C1CCCC1. The standard InChI is InChI=1S/C21H24N4S/c1-15-12-18(16(2)25(15)19-10-6-7-11-19)13-22-24-21-23-20(14-26-21)17-8-4-3-5-9-17/h3-5,8-9,12-14,19H,6-7,10-11H2,1-2H3,(H,23,24)/b22-13+. The molecule has 3 aromatic rings. The summed E-state index contributed by atoms with van der Waals surface area (Å²) in [7, 11) is 0. The van der Waals surface area contributed by atoms with E-state index in [9.17, 15) is 0 Å². The van der Waals surface area contributed by atoms with Crippen LogP contribution in [-0.2, 0) is 0 Å². The summed E-state index contributed by atoms with van der Waals surface area (Å²) in [6.07, 6.45) is 7.21. The van der Waals surface area contributed by atoms with E-state index in [0.717, 1.165) is 16.4 Å². The van der Waals surface area contributed by atoms with Crippen LogP contribution in [0.5, 0.6) is 0 Å². The number of thiazole rings is 1. The van der Waals surface area contributed by atoms with Gasteiger partial charge in [0.2, 0.25) is 5.13 Å². The fourth-order valence-electron chi connectivity index (χ4n) is 3.88. The normalized spacial score (nSPS) is 15.2. The minimum Gasteiger partial charge on any atom is -0.345 e. The zero-order valence-electron chi connectivity index (χ0n) is 15.3. The van der Waals surface area contributed by atoms with E-state index in [2.05, 4.69) is 57.5 Å². The molecule has 0 saturated heterocycles. The molecule has 1 aliphatic carbocycles. The summed E-state index contributed by atoms with van der Waals surface area (Å²) in [6, 6.07) is 13.1. The summed E-state index contributed by atoms with van der Waals surface area (Å²) in [4.78, 5) is 4.61. The van der Waals surface area contributed by atoms with E-state index < -0.39 is 0 Å². The molecule has 0 atom stereocenters. The van der Waals surface area contributed by atoms with Gasteiger partial charge >= 0.3 is 0 Å². The molecule has 0 spiro atoms. The summed E-state index contributed by atoms with van der Waals surface area (Å²) in [5.41, 5.74) is 9.00. The third kappa shape index (κ3) is 3.44. The van der Waals surface area contributed by atoms with Gasteiger partial charge in [0.05, 0.1) is 11.9 Å². The molecule has 2 heterocycles. The molecule has 26 heavy (non-hydrogen) atoms. The van der Waals surface area contributed by atoms with Gasteiger partial charge in [-0.3, -0.25) is 5.43 Å². The molecule has 4 rings (SSSR count). The summed E-state index contributed by atoms with van der Waals surface area (Å²) in [6.45, 7) is 4.40. The first-order valence-corrected chi connectivity index (χ1v) is 10.1. The van der Waals surface area contributed by atoms with E-state index in [0.29, 0.717) is 6.04 Å². The van der Waals surface area contributed by atoms with Crippen molar-refractivity contribution in [3.63, 3.8) is 0 Å². The summed E-state index contributed by atoms with van der Waals surface area (Å²) < 4.78 is 2.49. The molecule has 1 N–H and O–H groups in total. The van der Waals surface area contributed by atoms with Crippen molar-refractivity contribution in [2.45, 2.75) is 45.6 Å². The molecule has 1 aromatic carbocycles. The van der Waals surface area contributed by atoms with E-state index in [-0.39, 0.29) is 0 Å². The van der Waals surface area contributed by atoms with Crippen LogP contribution >= 0.6 is 11.3 Å². The van der Waals surface area contributed by atoms with Gasteiger partial charge in [-0.15, -0.1) is 11.3 Å². The number of rotatable bonds is 5. The number of hydrazone groups is 1. The average molecular weight is 365 g/mol. The second-order valence-electron chi connectivity index (χ2n) is 6.91. The Morgan fingerprint density at radius 3 is 2.73 bits per heavy atom. The molecule has 2 aromatic heterocycles. The van der Waals surface area contributed by atoms with E-state index in [1.54, 1.807) is 11.3 Å². The maximum atomic E-state index is 4.61. The molecule has 134 valence electrons. The minimum absolute atomic E-state index is 0.664. The van der Waals surface area contributed by atoms with E-state index in [1.807, 2.05) is 24.4 Å². The quantitative estimate of drug-likeness (QED) is 0.460. The molecular weight excluding hydrogens is 340 g/mol. The highest BCUT2D eigenvalue weighted by molar-refractivity contribution is 7.14. The number of benzene rings is 1. The summed E-state index contributed by atoms with van der Waals surface area (Å²) in [5, 5.41) is 7.28. The predicted octanol–water partition coefficient (Wildman–Crippen LogP) is 5.79. The van der Waals surface area contributed by atoms with Crippen LogP contribution < -0.4 is 5.43 Å². The number of hydrogen-bond donors (Lipinski definition) is 1. The molecule has 0 bridgehead atoms. The fraction of sp³-hybridized carbons (Fsp3) is 0.333. The summed E-state index contributed by atoms with van der Waals surface area (Å²) in [5.74, 6) is 0. The van der Waals surface area contributed by atoms with Crippen LogP contribution in [0, 0.1) is 13.8 Å². The molecule has 4 nitrogen and oxygen atoms in total. The first-order chi connectivity index (χ1) is 12.7. The molecule has 5 heteroatoms. The smallest absolute Gasteiger partial charge is 0.203 e. The number of anilines is 1. The Hall–Kier alpha value is -2.40. The van der Waals surface area contributed by atoms with Gasteiger partial charge in [-0.2, -0.15) is 5.10 Å². The lowest BCUT2D eigenvalue weighted by Gasteiger charge is -2.17. The van der Waals surface area contributed by atoms with Crippen LogP contribution in [0.2, 0.25) is 0 Å². The fourth-order valence-corrected chi connectivity index (χ4v) is 4.55. The Morgan fingerprint density at radius 2 is 1.96 bits per heavy atom. The number of nitrogens with one attached hydrogen (secondary N) is 1. The third-order valence-electron chi connectivity index (χ3n) is 5.15. The number of aryl methyl sites for hydroxylation is 1. The maximum Gasteiger partial charge on any atom is 0.203 e. The van der Waals surface area contributed by atoms with Crippen LogP contribution in [0.4, 0.5) is 5.13 Å².